The predicted molar refractivity (Wildman–Crippen MR) is 64.0 cm³/mol. The molecule has 1 aromatic rings. The van der Waals surface area contributed by atoms with Crippen LogP contribution in [0.4, 0.5) is 0 Å². The van der Waals surface area contributed by atoms with E-state index in [1.807, 2.05) is 12.1 Å². The Hall–Kier alpha value is -1.55. The van der Waals surface area contributed by atoms with Gasteiger partial charge < -0.3 is 15.2 Å². The number of benzene rings is 1. The maximum Gasteiger partial charge on any atom is 0.322 e. The SMILES string of the molecule is COC(=O)C(N)CCc1ccc2c(c1)CCO2. The lowest BCUT2D eigenvalue weighted by atomic mass is 10.0. The maximum absolute atomic E-state index is 11.2. The van der Waals surface area contributed by atoms with E-state index in [1.165, 1.54) is 18.2 Å². The van der Waals surface area contributed by atoms with Crippen molar-refractivity contribution in [2.24, 2.45) is 5.73 Å². The lowest BCUT2D eigenvalue weighted by Crippen LogP contribution is -2.31. The molecular formula is C13H17NO3. The van der Waals surface area contributed by atoms with E-state index in [1.54, 1.807) is 0 Å². The van der Waals surface area contributed by atoms with Gasteiger partial charge in [-0.25, -0.2) is 0 Å². The van der Waals surface area contributed by atoms with Crippen LogP contribution >= 0.6 is 0 Å². The molecule has 2 rings (SSSR count). The van der Waals surface area contributed by atoms with E-state index >= 15 is 0 Å². The third-order valence-electron chi connectivity index (χ3n) is 3.00. The van der Waals surface area contributed by atoms with Crippen LogP contribution in [0.3, 0.4) is 0 Å². The highest BCUT2D eigenvalue weighted by Gasteiger charge is 2.15. The van der Waals surface area contributed by atoms with Gasteiger partial charge in [0.15, 0.2) is 0 Å². The maximum atomic E-state index is 11.2. The number of carbonyl (C=O) groups is 1. The zero-order chi connectivity index (χ0) is 12.3. The first kappa shape index (κ1) is 11.9. The van der Waals surface area contributed by atoms with Gasteiger partial charge in [-0.05, 0) is 30.0 Å². The van der Waals surface area contributed by atoms with Crippen molar-refractivity contribution in [2.45, 2.75) is 25.3 Å². The van der Waals surface area contributed by atoms with Gasteiger partial charge in [-0.15, -0.1) is 0 Å². The first-order chi connectivity index (χ1) is 8.20. The molecule has 92 valence electrons. The minimum atomic E-state index is -0.537. The van der Waals surface area contributed by atoms with E-state index in [-0.39, 0.29) is 5.97 Å². The van der Waals surface area contributed by atoms with Crippen molar-refractivity contribution in [3.8, 4) is 5.75 Å². The largest absolute Gasteiger partial charge is 0.493 e. The summed E-state index contributed by atoms with van der Waals surface area (Å²) in [5, 5.41) is 0. The van der Waals surface area contributed by atoms with E-state index in [0.29, 0.717) is 6.42 Å². The number of carbonyl (C=O) groups excluding carboxylic acids is 1. The number of nitrogens with two attached hydrogens (primary N) is 1. The fraction of sp³-hybridized carbons (Fsp3) is 0.462. The summed E-state index contributed by atoms with van der Waals surface area (Å²) in [7, 11) is 1.36. The van der Waals surface area contributed by atoms with Crippen LogP contribution in [-0.2, 0) is 22.4 Å². The average molecular weight is 235 g/mol. The quantitative estimate of drug-likeness (QED) is 0.792. The summed E-state index contributed by atoms with van der Waals surface area (Å²) in [5.74, 6) is 0.625. The van der Waals surface area contributed by atoms with Crippen molar-refractivity contribution in [1.29, 1.82) is 0 Å². The lowest BCUT2D eigenvalue weighted by Gasteiger charge is -2.09. The van der Waals surface area contributed by atoms with E-state index < -0.39 is 6.04 Å². The van der Waals surface area contributed by atoms with Crippen LogP contribution in [0.25, 0.3) is 0 Å². The van der Waals surface area contributed by atoms with Crippen LogP contribution in [0.5, 0.6) is 5.75 Å². The van der Waals surface area contributed by atoms with Crippen LogP contribution in [0, 0.1) is 0 Å². The third kappa shape index (κ3) is 2.77. The van der Waals surface area contributed by atoms with Gasteiger partial charge in [0.05, 0.1) is 13.7 Å². The second kappa shape index (κ2) is 5.19. The highest BCUT2D eigenvalue weighted by molar-refractivity contribution is 5.75. The van der Waals surface area contributed by atoms with Crippen molar-refractivity contribution in [2.75, 3.05) is 13.7 Å². The normalized spacial score (nSPS) is 14.9. The summed E-state index contributed by atoms with van der Waals surface area (Å²) >= 11 is 0. The van der Waals surface area contributed by atoms with Crippen molar-refractivity contribution in [3.05, 3.63) is 29.3 Å². The highest BCUT2D eigenvalue weighted by Crippen LogP contribution is 2.26. The van der Waals surface area contributed by atoms with Crippen LogP contribution in [0.1, 0.15) is 17.5 Å². The van der Waals surface area contributed by atoms with Crippen molar-refractivity contribution in [3.63, 3.8) is 0 Å². The summed E-state index contributed by atoms with van der Waals surface area (Å²) in [6.07, 6.45) is 2.35. The number of hydrogen-bond donors (Lipinski definition) is 1. The molecule has 1 aliphatic rings. The third-order valence-corrected chi connectivity index (χ3v) is 3.00. The Kier molecular flexibility index (Phi) is 3.64. The molecule has 1 aliphatic heterocycles. The van der Waals surface area contributed by atoms with Crippen LogP contribution in [-0.4, -0.2) is 25.7 Å². The standard InChI is InChI=1S/C13H17NO3/c1-16-13(15)11(14)4-2-9-3-5-12-10(8-9)6-7-17-12/h3,5,8,11H,2,4,6-7,14H2,1H3. The molecule has 1 unspecified atom stereocenters. The molecule has 0 bridgehead atoms. The molecule has 0 radical (unpaired) electrons. The van der Waals surface area contributed by atoms with Crippen LogP contribution in [0.15, 0.2) is 18.2 Å². The van der Waals surface area contributed by atoms with Crippen molar-refractivity contribution >= 4 is 5.97 Å². The Balaban J connectivity index is 1.93. The molecule has 0 spiro atoms. The van der Waals surface area contributed by atoms with Gasteiger partial charge in [0, 0.05) is 6.42 Å². The minimum absolute atomic E-state index is 0.352. The zero-order valence-electron chi connectivity index (χ0n) is 9.94. The van der Waals surface area contributed by atoms with Gasteiger partial charge >= 0.3 is 5.97 Å². The molecule has 0 fully saturated rings. The molecular weight excluding hydrogens is 218 g/mol. The Morgan fingerprint density at radius 1 is 1.59 bits per heavy atom. The number of methoxy groups -OCH3 is 1. The molecule has 0 amide bonds. The topological polar surface area (TPSA) is 61.5 Å². The monoisotopic (exact) mass is 235 g/mol. The predicted octanol–water partition coefficient (Wildman–Crippen LogP) is 1.05. The summed E-state index contributed by atoms with van der Waals surface area (Å²) < 4.78 is 10.0. The highest BCUT2D eigenvalue weighted by atomic mass is 16.5. The molecule has 2 N–H and O–H groups in total. The van der Waals surface area contributed by atoms with Gasteiger partial charge in [-0.1, -0.05) is 12.1 Å². The van der Waals surface area contributed by atoms with Crippen molar-refractivity contribution in [1.82, 2.24) is 0 Å². The first-order valence-electron chi connectivity index (χ1n) is 5.78. The van der Waals surface area contributed by atoms with E-state index in [0.717, 1.165) is 25.2 Å². The van der Waals surface area contributed by atoms with Gasteiger partial charge in [-0.2, -0.15) is 0 Å². The molecule has 1 aromatic carbocycles. The molecule has 0 saturated heterocycles. The average Bonchev–Trinajstić information content (AvgIpc) is 2.82. The minimum Gasteiger partial charge on any atom is -0.493 e. The zero-order valence-corrected chi connectivity index (χ0v) is 9.94. The summed E-state index contributed by atoms with van der Waals surface area (Å²) in [6.45, 7) is 0.764. The summed E-state index contributed by atoms with van der Waals surface area (Å²) in [6, 6.07) is 5.60. The smallest absolute Gasteiger partial charge is 0.322 e. The molecule has 0 saturated carbocycles. The Morgan fingerprint density at radius 3 is 3.18 bits per heavy atom. The summed E-state index contributed by atoms with van der Waals surface area (Å²) in [4.78, 5) is 11.2. The van der Waals surface area contributed by atoms with Crippen LogP contribution in [0.2, 0.25) is 0 Å². The lowest BCUT2D eigenvalue weighted by molar-refractivity contribution is -0.142. The van der Waals surface area contributed by atoms with Gasteiger partial charge in [-0.3, -0.25) is 4.79 Å². The number of aryl methyl sites for hydroxylation is 1. The van der Waals surface area contributed by atoms with E-state index in [2.05, 4.69) is 10.8 Å². The molecule has 0 aliphatic carbocycles. The number of rotatable bonds is 4. The molecule has 1 atom stereocenters. The second-order valence-corrected chi connectivity index (χ2v) is 4.21. The molecule has 17 heavy (non-hydrogen) atoms. The number of fused-ring (bicyclic) bond motifs is 1. The second-order valence-electron chi connectivity index (χ2n) is 4.21. The van der Waals surface area contributed by atoms with Gasteiger partial charge in [0.25, 0.3) is 0 Å². The van der Waals surface area contributed by atoms with Gasteiger partial charge in [0.1, 0.15) is 11.8 Å². The molecule has 1 heterocycles. The molecule has 4 nitrogen and oxygen atoms in total. The first-order valence-corrected chi connectivity index (χ1v) is 5.78. The molecule has 0 aromatic heterocycles. The van der Waals surface area contributed by atoms with Crippen molar-refractivity contribution < 1.29 is 14.3 Å². The van der Waals surface area contributed by atoms with E-state index in [9.17, 15) is 4.79 Å². The Labute approximate surface area is 101 Å². The fourth-order valence-electron chi connectivity index (χ4n) is 1.99. The van der Waals surface area contributed by atoms with E-state index in [4.69, 9.17) is 10.5 Å². The van der Waals surface area contributed by atoms with Gasteiger partial charge in [0.2, 0.25) is 0 Å². The van der Waals surface area contributed by atoms with Crippen LogP contribution < -0.4 is 10.5 Å². The number of esters is 1. The fourth-order valence-corrected chi connectivity index (χ4v) is 1.99. The number of hydrogen-bond acceptors (Lipinski definition) is 4. The number of ether oxygens (including phenoxy) is 2. The Bertz CT molecular complexity index is 417. The molecule has 4 heteroatoms. The summed E-state index contributed by atoms with van der Waals surface area (Å²) in [5.41, 5.74) is 8.12. The Morgan fingerprint density at radius 2 is 2.41 bits per heavy atom.